The average Bonchev–Trinajstić information content (AvgIpc) is 3.27. The molecule has 7 heteroatoms. The Balaban J connectivity index is 1.72. The molecule has 0 spiro atoms. The number of aryl methyl sites for hydroxylation is 1. The zero-order chi connectivity index (χ0) is 20.1. The smallest absolute Gasteiger partial charge is 0.189 e. The highest BCUT2D eigenvalue weighted by Gasteiger charge is 2.18. The molecule has 0 unspecified atom stereocenters. The minimum absolute atomic E-state index is 0.482. The van der Waals surface area contributed by atoms with Crippen LogP contribution in [0.5, 0.6) is 0 Å². The first-order valence-corrected chi connectivity index (χ1v) is 11.5. The summed E-state index contributed by atoms with van der Waals surface area (Å²) in [6.45, 7) is 2.08. The van der Waals surface area contributed by atoms with Crippen molar-refractivity contribution in [3.8, 4) is 17.3 Å². The van der Waals surface area contributed by atoms with Crippen LogP contribution in [0.1, 0.15) is 16.7 Å². The summed E-state index contributed by atoms with van der Waals surface area (Å²) in [4.78, 5) is 13.8. The van der Waals surface area contributed by atoms with Crippen molar-refractivity contribution in [2.75, 3.05) is 0 Å². The van der Waals surface area contributed by atoms with E-state index in [-0.39, 0.29) is 0 Å². The molecule has 0 aliphatic carbocycles. The van der Waals surface area contributed by atoms with Gasteiger partial charge in [-0.05, 0) is 24.2 Å². The average molecular weight is 433 g/mol. The molecule has 4 rings (SSSR count). The molecule has 4 aromatic rings. The Morgan fingerprint density at radius 2 is 1.83 bits per heavy atom. The number of hydrogen-bond acceptors (Lipinski definition) is 7. The predicted octanol–water partition coefficient (Wildman–Crippen LogP) is 6.22. The summed E-state index contributed by atoms with van der Waals surface area (Å²) in [5.74, 6) is 0.766. The molecule has 0 N–H and O–H groups in total. The third-order valence-electron chi connectivity index (χ3n) is 4.10. The SMILES string of the molecule is Cc1ccc(CSc2nc(Sc3nccs3)c(C#N)c(-c3ccccc3)n2)cc1. The topological polar surface area (TPSA) is 62.5 Å². The molecular formula is C22H16N4S3. The monoisotopic (exact) mass is 432 g/mol. The Morgan fingerprint density at radius 1 is 1.03 bits per heavy atom. The molecular weight excluding hydrogens is 416 g/mol. The van der Waals surface area contributed by atoms with Crippen LogP contribution in [0.2, 0.25) is 0 Å². The van der Waals surface area contributed by atoms with Crippen LogP contribution in [0.15, 0.2) is 80.7 Å². The molecule has 2 aromatic heterocycles. The molecule has 0 aliphatic rings. The first kappa shape index (κ1) is 19.6. The van der Waals surface area contributed by atoms with Crippen molar-refractivity contribution in [3.05, 3.63) is 82.9 Å². The fourth-order valence-corrected chi connectivity index (χ4v) is 5.11. The van der Waals surface area contributed by atoms with Crippen molar-refractivity contribution in [1.82, 2.24) is 15.0 Å². The third kappa shape index (κ3) is 4.85. The van der Waals surface area contributed by atoms with Gasteiger partial charge in [-0.15, -0.1) is 11.3 Å². The van der Waals surface area contributed by atoms with Gasteiger partial charge in [0, 0.05) is 22.9 Å². The van der Waals surface area contributed by atoms with Crippen molar-refractivity contribution >= 4 is 34.9 Å². The van der Waals surface area contributed by atoms with Gasteiger partial charge in [-0.1, -0.05) is 71.9 Å². The Morgan fingerprint density at radius 3 is 2.52 bits per heavy atom. The van der Waals surface area contributed by atoms with Gasteiger partial charge in [0.15, 0.2) is 9.50 Å². The molecule has 0 bridgehead atoms. The zero-order valence-electron chi connectivity index (χ0n) is 15.6. The van der Waals surface area contributed by atoms with E-state index in [0.717, 1.165) is 15.7 Å². The minimum atomic E-state index is 0.482. The van der Waals surface area contributed by atoms with Crippen molar-refractivity contribution < 1.29 is 0 Å². The lowest BCUT2D eigenvalue weighted by atomic mass is 10.1. The van der Waals surface area contributed by atoms with Gasteiger partial charge in [-0.3, -0.25) is 0 Å². The summed E-state index contributed by atoms with van der Waals surface area (Å²) in [6.07, 6.45) is 1.76. The zero-order valence-corrected chi connectivity index (χ0v) is 18.0. The fraction of sp³-hybridized carbons (Fsp3) is 0.0909. The molecule has 142 valence electrons. The minimum Gasteiger partial charge on any atom is -0.238 e. The molecule has 0 fully saturated rings. The summed E-state index contributed by atoms with van der Waals surface area (Å²) in [5.41, 5.74) is 4.50. The number of aromatic nitrogens is 3. The van der Waals surface area contributed by atoms with Crippen LogP contribution < -0.4 is 0 Å². The van der Waals surface area contributed by atoms with Crippen LogP contribution in [-0.4, -0.2) is 15.0 Å². The van der Waals surface area contributed by atoms with E-state index in [9.17, 15) is 5.26 Å². The molecule has 0 radical (unpaired) electrons. The Hall–Kier alpha value is -2.66. The van der Waals surface area contributed by atoms with E-state index in [1.165, 1.54) is 34.2 Å². The van der Waals surface area contributed by atoms with Crippen molar-refractivity contribution in [3.63, 3.8) is 0 Å². The van der Waals surface area contributed by atoms with E-state index in [0.29, 0.717) is 21.4 Å². The van der Waals surface area contributed by atoms with E-state index in [1.807, 2.05) is 35.7 Å². The van der Waals surface area contributed by atoms with Gasteiger partial charge in [-0.2, -0.15) is 5.26 Å². The highest BCUT2D eigenvalue weighted by molar-refractivity contribution is 8.01. The van der Waals surface area contributed by atoms with Gasteiger partial charge in [0.1, 0.15) is 16.7 Å². The van der Waals surface area contributed by atoms with Gasteiger partial charge < -0.3 is 0 Å². The van der Waals surface area contributed by atoms with Crippen molar-refractivity contribution in [2.45, 2.75) is 27.2 Å². The van der Waals surface area contributed by atoms with E-state index < -0.39 is 0 Å². The number of nitriles is 1. The second-order valence-electron chi connectivity index (χ2n) is 6.19. The van der Waals surface area contributed by atoms with Gasteiger partial charge in [0.05, 0.1) is 5.69 Å². The summed E-state index contributed by atoms with van der Waals surface area (Å²) < 4.78 is 0.855. The van der Waals surface area contributed by atoms with Crippen LogP contribution in [0.4, 0.5) is 0 Å². The summed E-state index contributed by atoms with van der Waals surface area (Å²) in [7, 11) is 0. The largest absolute Gasteiger partial charge is 0.238 e. The van der Waals surface area contributed by atoms with Crippen molar-refractivity contribution in [2.24, 2.45) is 0 Å². The van der Waals surface area contributed by atoms with Gasteiger partial charge in [0.25, 0.3) is 0 Å². The number of rotatable bonds is 6. The van der Waals surface area contributed by atoms with Crippen LogP contribution in [0.3, 0.4) is 0 Å². The summed E-state index contributed by atoms with van der Waals surface area (Å²) >= 11 is 4.52. The number of thiazole rings is 1. The maximum atomic E-state index is 9.85. The van der Waals surface area contributed by atoms with E-state index in [1.54, 1.807) is 18.0 Å². The molecule has 0 aliphatic heterocycles. The first-order valence-electron chi connectivity index (χ1n) is 8.86. The molecule has 0 saturated heterocycles. The molecule has 2 aromatic carbocycles. The van der Waals surface area contributed by atoms with Crippen LogP contribution in [-0.2, 0) is 5.75 Å². The Kier molecular flexibility index (Phi) is 6.25. The first-order chi connectivity index (χ1) is 14.2. The molecule has 29 heavy (non-hydrogen) atoms. The lowest BCUT2D eigenvalue weighted by molar-refractivity contribution is 0.887. The van der Waals surface area contributed by atoms with Crippen LogP contribution in [0.25, 0.3) is 11.3 Å². The fourth-order valence-electron chi connectivity index (χ4n) is 2.64. The quantitative estimate of drug-likeness (QED) is 0.205. The van der Waals surface area contributed by atoms with Gasteiger partial charge in [0.2, 0.25) is 0 Å². The molecule has 4 nitrogen and oxygen atoms in total. The van der Waals surface area contributed by atoms with Crippen LogP contribution in [0, 0.1) is 18.3 Å². The second-order valence-corrected chi connectivity index (χ2v) is 9.26. The summed E-state index contributed by atoms with van der Waals surface area (Å²) in [5, 5.41) is 13.1. The number of thioether (sulfide) groups is 1. The highest BCUT2D eigenvalue weighted by atomic mass is 32.2. The lowest BCUT2D eigenvalue weighted by Gasteiger charge is -2.10. The van der Waals surface area contributed by atoms with E-state index >= 15 is 0 Å². The lowest BCUT2D eigenvalue weighted by Crippen LogP contribution is -1.99. The van der Waals surface area contributed by atoms with Gasteiger partial charge in [-0.25, -0.2) is 15.0 Å². The molecule has 2 heterocycles. The predicted molar refractivity (Wildman–Crippen MR) is 119 cm³/mol. The molecule has 0 amide bonds. The normalized spacial score (nSPS) is 10.6. The van der Waals surface area contributed by atoms with Crippen LogP contribution >= 0.6 is 34.9 Å². The maximum Gasteiger partial charge on any atom is 0.189 e. The van der Waals surface area contributed by atoms with Crippen molar-refractivity contribution in [1.29, 1.82) is 5.26 Å². The second kappa shape index (κ2) is 9.23. The number of nitrogens with zero attached hydrogens (tertiary/aromatic N) is 4. The molecule has 0 saturated carbocycles. The Labute approximate surface area is 182 Å². The van der Waals surface area contributed by atoms with Gasteiger partial charge >= 0.3 is 0 Å². The maximum absolute atomic E-state index is 9.85. The van der Waals surface area contributed by atoms with E-state index in [2.05, 4.69) is 42.2 Å². The highest BCUT2D eigenvalue weighted by Crippen LogP contribution is 2.36. The number of hydrogen-bond donors (Lipinski definition) is 0. The number of benzene rings is 2. The third-order valence-corrected chi connectivity index (χ3v) is 6.89. The van der Waals surface area contributed by atoms with E-state index in [4.69, 9.17) is 9.97 Å². The standard InChI is InChI=1S/C22H16N4S3/c1-15-7-9-16(10-8-15)14-28-21-25-19(17-5-3-2-4-6-17)18(13-23)20(26-21)29-22-24-11-12-27-22/h2-12H,14H2,1H3. The summed E-state index contributed by atoms with van der Waals surface area (Å²) in [6, 6.07) is 20.5. The molecule has 0 atom stereocenters. The Bertz CT molecular complexity index is 1140.